The number of sulfonamides is 1. The summed E-state index contributed by atoms with van der Waals surface area (Å²) < 4.78 is 35.3. The third kappa shape index (κ3) is 9.59. The SMILES string of the molecule is CCOc1ccc(N(CC(=O)N(Cc2ccc(Cl)c(Cl)c2)[C@@H](Cc2ccccc2)C(=O)NC2CCCCC2)S(=O)(=O)c2ccc(C)cc2)cc1. The second-order valence-corrected chi connectivity index (χ2v) is 15.2. The first-order valence-corrected chi connectivity index (χ1v) is 19.1. The van der Waals surface area contributed by atoms with Gasteiger partial charge in [0, 0.05) is 19.0 Å². The Morgan fingerprint density at radius 2 is 1.54 bits per heavy atom. The van der Waals surface area contributed by atoms with Gasteiger partial charge in [0.2, 0.25) is 11.8 Å². The van der Waals surface area contributed by atoms with E-state index >= 15 is 0 Å². The number of hydrogen-bond donors (Lipinski definition) is 1. The summed E-state index contributed by atoms with van der Waals surface area (Å²) in [6, 6.07) is 26.7. The van der Waals surface area contributed by atoms with Gasteiger partial charge < -0.3 is 15.0 Å². The number of rotatable bonds is 14. The summed E-state index contributed by atoms with van der Waals surface area (Å²) in [5.41, 5.74) is 2.68. The van der Waals surface area contributed by atoms with E-state index in [0.717, 1.165) is 47.5 Å². The summed E-state index contributed by atoms with van der Waals surface area (Å²) in [6.07, 6.45) is 5.12. The summed E-state index contributed by atoms with van der Waals surface area (Å²) in [4.78, 5) is 30.6. The zero-order valence-corrected chi connectivity index (χ0v) is 30.7. The molecule has 0 heterocycles. The van der Waals surface area contributed by atoms with Crippen molar-refractivity contribution in [1.29, 1.82) is 0 Å². The van der Waals surface area contributed by atoms with E-state index in [-0.39, 0.29) is 35.5 Å². The first kappa shape index (κ1) is 37.2. The summed E-state index contributed by atoms with van der Waals surface area (Å²) in [6.45, 7) is 3.61. The molecule has 0 aliphatic heterocycles. The molecule has 0 bridgehead atoms. The lowest BCUT2D eigenvalue weighted by Crippen LogP contribution is -2.55. The van der Waals surface area contributed by atoms with Gasteiger partial charge in [-0.05, 0) is 86.3 Å². The Morgan fingerprint density at radius 1 is 0.860 bits per heavy atom. The van der Waals surface area contributed by atoms with Crippen molar-refractivity contribution in [3.05, 3.63) is 124 Å². The Morgan fingerprint density at radius 3 is 2.18 bits per heavy atom. The topological polar surface area (TPSA) is 96.0 Å². The largest absolute Gasteiger partial charge is 0.494 e. The first-order valence-electron chi connectivity index (χ1n) is 16.9. The fourth-order valence-electron chi connectivity index (χ4n) is 6.17. The molecule has 50 heavy (non-hydrogen) atoms. The third-order valence-corrected chi connectivity index (χ3v) is 11.4. The highest BCUT2D eigenvalue weighted by atomic mass is 35.5. The van der Waals surface area contributed by atoms with Crippen LogP contribution in [0.5, 0.6) is 5.75 Å². The van der Waals surface area contributed by atoms with Gasteiger partial charge in [-0.1, -0.05) is 96.6 Å². The number of amides is 2. The zero-order valence-electron chi connectivity index (χ0n) is 28.4. The molecule has 0 radical (unpaired) electrons. The van der Waals surface area contributed by atoms with Crippen molar-refractivity contribution >= 4 is 50.7 Å². The summed E-state index contributed by atoms with van der Waals surface area (Å²) in [5, 5.41) is 3.88. The number of carbonyl (C=O) groups is 2. The number of nitrogens with one attached hydrogen (secondary N) is 1. The van der Waals surface area contributed by atoms with Crippen LogP contribution in [0, 0.1) is 6.92 Å². The van der Waals surface area contributed by atoms with Crippen molar-refractivity contribution in [2.24, 2.45) is 0 Å². The molecule has 264 valence electrons. The summed E-state index contributed by atoms with van der Waals surface area (Å²) in [7, 11) is -4.23. The van der Waals surface area contributed by atoms with E-state index in [1.54, 1.807) is 54.6 Å². The standard InChI is InChI=1S/C39H43Cl2N3O5S/c1-3-49-33-19-17-32(18-20-33)44(50(47,48)34-21-14-28(2)15-22-34)27-38(45)43(26-30-16-23-35(40)36(41)24-30)37(25-29-10-6-4-7-11-29)39(46)42-31-12-8-5-9-13-31/h4,6-7,10-11,14-24,31,37H,3,5,8-9,12-13,25-27H2,1-2H3,(H,42,46)/t37-/m0/s1. The van der Waals surface area contributed by atoms with Crippen LogP contribution in [0.25, 0.3) is 0 Å². The molecule has 1 aliphatic rings. The molecule has 0 spiro atoms. The average molecular weight is 737 g/mol. The van der Waals surface area contributed by atoms with Crippen molar-refractivity contribution in [3.8, 4) is 5.75 Å². The molecule has 11 heteroatoms. The minimum Gasteiger partial charge on any atom is -0.494 e. The number of nitrogens with zero attached hydrogens (tertiary/aromatic N) is 2. The highest BCUT2D eigenvalue weighted by molar-refractivity contribution is 7.92. The van der Waals surface area contributed by atoms with E-state index in [4.69, 9.17) is 27.9 Å². The van der Waals surface area contributed by atoms with Gasteiger partial charge >= 0.3 is 0 Å². The van der Waals surface area contributed by atoms with Gasteiger partial charge in [0.05, 0.1) is 27.2 Å². The predicted octanol–water partition coefficient (Wildman–Crippen LogP) is 7.98. The molecule has 1 fully saturated rings. The van der Waals surface area contributed by atoms with Crippen LogP contribution in [0.15, 0.2) is 102 Å². The molecule has 2 amide bonds. The van der Waals surface area contributed by atoms with Crippen molar-refractivity contribution in [2.45, 2.75) is 75.9 Å². The Labute approximate surface area is 305 Å². The van der Waals surface area contributed by atoms with Crippen molar-refractivity contribution in [2.75, 3.05) is 17.5 Å². The smallest absolute Gasteiger partial charge is 0.264 e. The summed E-state index contributed by atoms with van der Waals surface area (Å²) in [5.74, 6) is -0.276. The molecule has 1 aliphatic carbocycles. The van der Waals surface area contributed by atoms with Gasteiger partial charge in [0.15, 0.2) is 0 Å². The van der Waals surface area contributed by atoms with Crippen LogP contribution >= 0.6 is 23.2 Å². The lowest BCUT2D eigenvalue weighted by molar-refractivity contribution is -0.140. The minimum atomic E-state index is -4.23. The van der Waals surface area contributed by atoms with Gasteiger partial charge in [-0.2, -0.15) is 0 Å². The molecule has 0 saturated heterocycles. The molecule has 1 saturated carbocycles. The molecule has 5 rings (SSSR count). The maximum atomic E-state index is 14.8. The van der Waals surface area contributed by atoms with Crippen LogP contribution in [0.1, 0.15) is 55.7 Å². The molecule has 0 unspecified atom stereocenters. The fraction of sp³-hybridized carbons (Fsp3) is 0.333. The van der Waals surface area contributed by atoms with Crippen LogP contribution in [0.2, 0.25) is 10.0 Å². The number of benzene rings is 4. The van der Waals surface area contributed by atoms with Gasteiger partial charge in [-0.3, -0.25) is 13.9 Å². The first-order chi connectivity index (χ1) is 24.0. The molecule has 8 nitrogen and oxygen atoms in total. The van der Waals surface area contributed by atoms with Crippen LogP contribution in [0.4, 0.5) is 5.69 Å². The zero-order chi connectivity index (χ0) is 35.7. The Balaban J connectivity index is 1.57. The van der Waals surface area contributed by atoms with Crippen molar-refractivity contribution < 1.29 is 22.7 Å². The lowest BCUT2D eigenvalue weighted by Gasteiger charge is -2.35. The van der Waals surface area contributed by atoms with Crippen LogP contribution in [-0.2, 0) is 32.6 Å². The van der Waals surface area contributed by atoms with E-state index in [2.05, 4.69) is 5.32 Å². The Bertz CT molecular complexity index is 1850. The molecular weight excluding hydrogens is 693 g/mol. The normalized spacial score (nSPS) is 14.1. The van der Waals surface area contributed by atoms with Gasteiger partial charge in [0.25, 0.3) is 10.0 Å². The molecular formula is C39H43Cl2N3O5S. The quantitative estimate of drug-likeness (QED) is 0.142. The average Bonchev–Trinajstić information content (AvgIpc) is 3.11. The Hall–Kier alpha value is -4.05. The number of halogens is 2. The van der Waals surface area contributed by atoms with Crippen molar-refractivity contribution in [3.63, 3.8) is 0 Å². The number of hydrogen-bond acceptors (Lipinski definition) is 5. The predicted molar refractivity (Wildman–Crippen MR) is 199 cm³/mol. The third-order valence-electron chi connectivity index (χ3n) is 8.88. The molecule has 4 aromatic rings. The van der Waals surface area contributed by atoms with Crippen LogP contribution in [0.3, 0.4) is 0 Å². The number of ether oxygens (including phenoxy) is 1. The number of aryl methyl sites for hydroxylation is 1. The second kappa shape index (κ2) is 17.2. The van der Waals surface area contributed by atoms with Gasteiger partial charge in [-0.15, -0.1) is 0 Å². The second-order valence-electron chi connectivity index (χ2n) is 12.6. The number of carbonyl (C=O) groups excluding carboxylic acids is 2. The maximum Gasteiger partial charge on any atom is 0.264 e. The number of anilines is 1. The minimum absolute atomic E-state index is 0.00119. The maximum absolute atomic E-state index is 14.8. The molecule has 1 N–H and O–H groups in total. The highest BCUT2D eigenvalue weighted by Gasteiger charge is 2.35. The van der Waals surface area contributed by atoms with E-state index in [1.165, 1.54) is 17.0 Å². The molecule has 4 aromatic carbocycles. The van der Waals surface area contributed by atoms with Crippen LogP contribution < -0.4 is 14.4 Å². The van der Waals surface area contributed by atoms with Crippen LogP contribution in [-0.4, -0.2) is 50.4 Å². The van der Waals surface area contributed by atoms with Gasteiger partial charge in [-0.25, -0.2) is 8.42 Å². The van der Waals surface area contributed by atoms with Crippen molar-refractivity contribution in [1.82, 2.24) is 10.2 Å². The Kier molecular flexibility index (Phi) is 12.8. The lowest BCUT2D eigenvalue weighted by atomic mass is 9.94. The monoisotopic (exact) mass is 735 g/mol. The van der Waals surface area contributed by atoms with E-state index in [1.807, 2.05) is 44.2 Å². The molecule has 0 aromatic heterocycles. The molecule has 1 atom stereocenters. The van der Waals surface area contributed by atoms with E-state index < -0.39 is 28.5 Å². The van der Waals surface area contributed by atoms with E-state index in [0.29, 0.717) is 28.0 Å². The van der Waals surface area contributed by atoms with Gasteiger partial charge in [0.1, 0.15) is 18.3 Å². The summed E-state index contributed by atoms with van der Waals surface area (Å²) >= 11 is 12.6. The van der Waals surface area contributed by atoms with E-state index in [9.17, 15) is 18.0 Å². The highest BCUT2D eigenvalue weighted by Crippen LogP contribution is 2.29. The fourth-order valence-corrected chi connectivity index (χ4v) is 7.91.